The Bertz CT molecular complexity index is 252. The first kappa shape index (κ1) is 12.2. The molecule has 88 valence electrons. The molecule has 0 aromatic rings. The van der Waals surface area contributed by atoms with Crippen molar-refractivity contribution in [3.63, 3.8) is 0 Å². The lowest BCUT2D eigenvalue weighted by atomic mass is 10.1. The first-order valence-electron chi connectivity index (χ1n) is 4.08. The Labute approximate surface area is 81.6 Å². The van der Waals surface area contributed by atoms with Gasteiger partial charge in [-0.25, -0.2) is 0 Å². The third-order valence-electron chi connectivity index (χ3n) is 1.85. The second-order valence-corrected chi connectivity index (χ2v) is 3.08. The van der Waals surface area contributed by atoms with Gasteiger partial charge in [0, 0.05) is 6.54 Å². The van der Waals surface area contributed by atoms with E-state index in [-0.39, 0.29) is 13.0 Å². The monoisotopic (exact) mass is 233 g/mol. The Morgan fingerprint density at radius 2 is 2.07 bits per heavy atom. The van der Waals surface area contributed by atoms with E-state index in [1.807, 2.05) is 5.32 Å². The van der Waals surface area contributed by atoms with Crippen molar-refractivity contribution >= 4 is 5.91 Å². The number of piperidine rings is 1. The number of alkyl halides is 5. The maximum absolute atomic E-state index is 12.9. The van der Waals surface area contributed by atoms with E-state index in [0.29, 0.717) is 0 Å². The number of hydrogen-bond donors (Lipinski definition) is 1. The van der Waals surface area contributed by atoms with E-state index in [1.165, 1.54) is 0 Å². The summed E-state index contributed by atoms with van der Waals surface area (Å²) in [5, 5.41) is 1.85. The summed E-state index contributed by atoms with van der Waals surface area (Å²) in [6, 6.07) is 0. The quantitative estimate of drug-likeness (QED) is 0.725. The molecule has 1 atom stereocenters. The molecule has 0 aliphatic carbocycles. The highest BCUT2D eigenvalue weighted by Gasteiger charge is 2.51. The molecule has 1 heterocycles. The number of nitrogens with one attached hydrogen (secondary N) is 1. The number of halogens is 5. The number of carbonyl (C=O) groups is 1. The van der Waals surface area contributed by atoms with Crippen molar-refractivity contribution in [2.75, 3.05) is 13.2 Å². The summed E-state index contributed by atoms with van der Waals surface area (Å²) in [7, 11) is 0. The van der Waals surface area contributed by atoms with Gasteiger partial charge in [-0.15, -0.1) is 0 Å². The molecule has 15 heavy (non-hydrogen) atoms. The summed E-state index contributed by atoms with van der Waals surface area (Å²) in [5.74, 6) is -5.50. The molecule has 0 aromatic heterocycles. The minimum Gasteiger partial charge on any atom is -0.362 e. The lowest BCUT2D eigenvalue weighted by Crippen LogP contribution is -2.55. The largest absolute Gasteiger partial charge is 0.411 e. The van der Waals surface area contributed by atoms with Crippen LogP contribution in [-0.2, 0) is 9.53 Å². The van der Waals surface area contributed by atoms with E-state index in [4.69, 9.17) is 0 Å². The summed E-state index contributed by atoms with van der Waals surface area (Å²) in [4.78, 5) is 10.6. The van der Waals surface area contributed by atoms with Crippen LogP contribution in [0.2, 0.25) is 0 Å². The lowest BCUT2D eigenvalue weighted by Gasteiger charge is -2.30. The Balaban J connectivity index is 2.57. The minimum absolute atomic E-state index is 0.114. The normalized spacial score (nSPS) is 26.2. The van der Waals surface area contributed by atoms with Crippen LogP contribution in [0.1, 0.15) is 6.42 Å². The molecule has 1 aliphatic heterocycles. The summed E-state index contributed by atoms with van der Waals surface area (Å²) in [6.07, 6.45) is -7.02. The highest BCUT2D eigenvalue weighted by atomic mass is 19.4. The highest BCUT2D eigenvalue weighted by Crippen LogP contribution is 2.28. The zero-order valence-corrected chi connectivity index (χ0v) is 7.40. The van der Waals surface area contributed by atoms with Gasteiger partial charge in [-0.2, -0.15) is 22.0 Å². The second-order valence-electron chi connectivity index (χ2n) is 3.08. The van der Waals surface area contributed by atoms with E-state index in [0.717, 1.165) is 0 Å². The van der Waals surface area contributed by atoms with Gasteiger partial charge in [-0.1, -0.05) is 0 Å². The molecule has 8 heteroatoms. The molecule has 1 aliphatic rings. The van der Waals surface area contributed by atoms with E-state index in [2.05, 4.69) is 4.74 Å². The van der Waals surface area contributed by atoms with Crippen molar-refractivity contribution in [1.29, 1.82) is 0 Å². The molecule has 1 N–H and O–H groups in total. The predicted octanol–water partition coefficient (Wildman–Crippen LogP) is 1.09. The molecule has 1 unspecified atom stereocenters. The molecule has 1 rings (SSSR count). The molecule has 1 saturated heterocycles. The van der Waals surface area contributed by atoms with Gasteiger partial charge in [-0.3, -0.25) is 4.79 Å². The smallest absolute Gasteiger partial charge is 0.362 e. The van der Waals surface area contributed by atoms with Crippen LogP contribution < -0.4 is 5.32 Å². The summed E-state index contributed by atoms with van der Waals surface area (Å²) in [5.41, 5.74) is 0. The van der Waals surface area contributed by atoms with Gasteiger partial charge in [0.05, 0.1) is 0 Å². The van der Waals surface area contributed by atoms with Crippen LogP contribution in [0, 0.1) is 0 Å². The predicted molar refractivity (Wildman–Crippen MR) is 38.4 cm³/mol. The fourth-order valence-electron chi connectivity index (χ4n) is 1.15. The Morgan fingerprint density at radius 3 is 2.60 bits per heavy atom. The van der Waals surface area contributed by atoms with E-state index in [1.54, 1.807) is 0 Å². The first-order valence-corrected chi connectivity index (χ1v) is 4.08. The van der Waals surface area contributed by atoms with Crippen LogP contribution in [0.25, 0.3) is 0 Å². The Morgan fingerprint density at radius 1 is 1.47 bits per heavy atom. The van der Waals surface area contributed by atoms with Gasteiger partial charge in [0.2, 0.25) is 0 Å². The zero-order valence-electron chi connectivity index (χ0n) is 7.40. The van der Waals surface area contributed by atoms with Gasteiger partial charge >= 0.3 is 12.1 Å². The topological polar surface area (TPSA) is 38.3 Å². The number of rotatable bonds is 2. The summed E-state index contributed by atoms with van der Waals surface area (Å²) in [6.45, 7) is -1.89. The van der Waals surface area contributed by atoms with Gasteiger partial charge in [0.25, 0.3) is 5.91 Å². The SMILES string of the molecule is O=C1NCCC(OCC(F)(F)F)C1(F)F. The summed E-state index contributed by atoms with van der Waals surface area (Å²) >= 11 is 0. The van der Waals surface area contributed by atoms with Crippen molar-refractivity contribution in [1.82, 2.24) is 5.32 Å². The maximum Gasteiger partial charge on any atom is 0.411 e. The van der Waals surface area contributed by atoms with Crippen LogP contribution in [0.4, 0.5) is 22.0 Å². The molecule has 1 amide bonds. The maximum atomic E-state index is 12.9. The van der Waals surface area contributed by atoms with Gasteiger partial charge in [-0.05, 0) is 6.42 Å². The second kappa shape index (κ2) is 3.92. The molecule has 0 saturated carbocycles. The number of ether oxygens (including phenoxy) is 1. The molecule has 0 aromatic carbocycles. The first-order chi connectivity index (χ1) is 6.73. The van der Waals surface area contributed by atoms with Crippen molar-refractivity contribution in [3.05, 3.63) is 0 Å². The Kier molecular flexibility index (Phi) is 3.17. The fourth-order valence-corrected chi connectivity index (χ4v) is 1.15. The van der Waals surface area contributed by atoms with Crippen LogP contribution >= 0.6 is 0 Å². The lowest BCUT2D eigenvalue weighted by molar-refractivity contribution is -0.222. The van der Waals surface area contributed by atoms with Crippen LogP contribution in [0.3, 0.4) is 0 Å². The molecule has 0 radical (unpaired) electrons. The molecular formula is C7H8F5NO2. The third kappa shape index (κ3) is 3.01. The number of carbonyl (C=O) groups excluding carboxylic acids is 1. The highest BCUT2D eigenvalue weighted by molar-refractivity contribution is 5.84. The van der Waals surface area contributed by atoms with Crippen molar-refractivity contribution in [2.45, 2.75) is 24.6 Å². The average Bonchev–Trinajstić information content (AvgIpc) is 2.06. The van der Waals surface area contributed by atoms with Crippen molar-refractivity contribution in [2.24, 2.45) is 0 Å². The number of amides is 1. The molecule has 0 bridgehead atoms. The van der Waals surface area contributed by atoms with Gasteiger partial charge in [0.1, 0.15) is 12.7 Å². The van der Waals surface area contributed by atoms with Crippen LogP contribution in [0.15, 0.2) is 0 Å². The van der Waals surface area contributed by atoms with E-state index < -0.39 is 30.7 Å². The van der Waals surface area contributed by atoms with E-state index >= 15 is 0 Å². The Hall–Kier alpha value is -0.920. The van der Waals surface area contributed by atoms with Gasteiger partial charge in [0.15, 0.2) is 0 Å². The van der Waals surface area contributed by atoms with Gasteiger partial charge < -0.3 is 10.1 Å². The van der Waals surface area contributed by atoms with Crippen LogP contribution in [-0.4, -0.2) is 37.3 Å². The molecule has 0 spiro atoms. The molecular weight excluding hydrogens is 225 g/mol. The number of hydrogen-bond acceptors (Lipinski definition) is 2. The third-order valence-corrected chi connectivity index (χ3v) is 1.85. The average molecular weight is 233 g/mol. The van der Waals surface area contributed by atoms with Crippen LogP contribution in [0.5, 0.6) is 0 Å². The standard InChI is InChI=1S/C7H8F5NO2/c8-6(9,10)3-15-4-1-2-13-5(14)7(4,11)12/h4H,1-3H2,(H,13,14). The fraction of sp³-hybridized carbons (Fsp3) is 0.857. The van der Waals surface area contributed by atoms with Crippen molar-refractivity contribution < 1.29 is 31.5 Å². The summed E-state index contributed by atoms with van der Waals surface area (Å²) < 4.78 is 64.9. The zero-order chi connectivity index (χ0) is 11.7. The van der Waals surface area contributed by atoms with E-state index in [9.17, 15) is 26.7 Å². The minimum atomic E-state index is -4.68. The van der Waals surface area contributed by atoms with Crippen molar-refractivity contribution in [3.8, 4) is 0 Å². The molecule has 1 fully saturated rings. The molecule has 3 nitrogen and oxygen atoms in total.